The standard InChI is InChI=1S/C16H14ClF2N3O2S/c1-23-16-11(4-5-15(21-16)24-8-14(18)19)22-25-13-7-20-12-6-9(17)2-3-10(12)13/h2-7,14,20,22H,8H2,1H3. The molecule has 0 aliphatic carbocycles. The van der Waals surface area contributed by atoms with Crippen molar-refractivity contribution in [1.29, 1.82) is 0 Å². The number of hydrogen-bond acceptors (Lipinski definition) is 5. The highest BCUT2D eigenvalue weighted by Crippen LogP contribution is 2.33. The Morgan fingerprint density at radius 2 is 2.16 bits per heavy atom. The molecular weight excluding hydrogens is 372 g/mol. The molecule has 0 saturated carbocycles. The first-order valence-corrected chi connectivity index (χ1v) is 8.41. The molecule has 0 aliphatic rings. The molecule has 9 heteroatoms. The number of aromatic amines is 1. The van der Waals surface area contributed by atoms with Crippen LogP contribution in [-0.4, -0.2) is 30.1 Å². The molecule has 2 N–H and O–H groups in total. The fraction of sp³-hybridized carbons (Fsp3) is 0.188. The number of hydrogen-bond donors (Lipinski definition) is 2. The Labute approximate surface area is 151 Å². The Hall–Kier alpha value is -2.19. The predicted octanol–water partition coefficient (Wildman–Crippen LogP) is 4.99. The lowest BCUT2D eigenvalue weighted by Gasteiger charge is -2.11. The summed E-state index contributed by atoms with van der Waals surface area (Å²) in [4.78, 5) is 8.17. The fourth-order valence-electron chi connectivity index (χ4n) is 2.15. The summed E-state index contributed by atoms with van der Waals surface area (Å²) < 4.78 is 37.6. The molecule has 132 valence electrons. The van der Waals surface area contributed by atoms with Gasteiger partial charge in [-0.1, -0.05) is 17.7 Å². The fourth-order valence-corrected chi connectivity index (χ4v) is 3.10. The molecule has 3 rings (SSSR count). The number of nitrogens with one attached hydrogen (secondary N) is 2. The van der Waals surface area contributed by atoms with Crippen LogP contribution < -0.4 is 14.2 Å². The van der Waals surface area contributed by atoms with E-state index in [-0.39, 0.29) is 11.8 Å². The second-order valence-electron chi connectivity index (χ2n) is 4.96. The second-order valence-corrected chi connectivity index (χ2v) is 6.24. The van der Waals surface area contributed by atoms with Crippen molar-refractivity contribution in [2.75, 3.05) is 18.4 Å². The zero-order valence-corrected chi connectivity index (χ0v) is 14.6. The van der Waals surface area contributed by atoms with Crippen LogP contribution in [0, 0.1) is 0 Å². The number of ether oxygens (including phenoxy) is 2. The van der Waals surface area contributed by atoms with Crippen molar-refractivity contribution >= 4 is 40.1 Å². The van der Waals surface area contributed by atoms with E-state index >= 15 is 0 Å². The van der Waals surface area contributed by atoms with Crippen LogP contribution in [-0.2, 0) is 0 Å². The summed E-state index contributed by atoms with van der Waals surface area (Å²) in [5, 5.41) is 1.68. The van der Waals surface area contributed by atoms with Crippen LogP contribution in [0.15, 0.2) is 41.4 Å². The van der Waals surface area contributed by atoms with Gasteiger partial charge < -0.3 is 19.2 Å². The van der Waals surface area contributed by atoms with Crippen molar-refractivity contribution in [3.63, 3.8) is 0 Å². The quantitative estimate of drug-likeness (QED) is 0.561. The molecule has 0 bridgehead atoms. The SMILES string of the molecule is COc1nc(OCC(F)F)ccc1NSc1c[nH]c2cc(Cl)ccc12. The summed E-state index contributed by atoms with van der Waals surface area (Å²) in [6, 6.07) is 8.75. The van der Waals surface area contributed by atoms with Gasteiger partial charge in [-0.3, -0.25) is 0 Å². The van der Waals surface area contributed by atoms with Gasteiger partial charge in [0.05, 0.1) is 12.0 Å². The Kier molecular flexibility index (Phi) is 5.50. The lowest BCUT2D eigenvalue weighted by molar-refractivity contribution is 0.0793. The average molecular weight is 386 g/mol. The van der Waals surface area contributed by atoms with Crippen LogP contribution in [0.2, 0.25) is 5.02 Å². The van der Waals surface area contributed by atoms with E-state index in [0.29, 0.717) is 10.7 Å². The van der Waals surface area contributed by atoms with Crippen LogP contribution in [0.1, 0.15) is 0 Å². The maximum absolute atomic E-state index is 12.2. The smallest absolute Gasteiger partial charge is 0.272 e. The van der Waals surface area contributed by atoms with Crippen molar-refractivity contribution in [2.45, 2.75) is 11.3 Å². The second kappa shape index (κ2) is 7.79. The van der Waals surface area contributed by atoms with Crippen LogP contribution in [0.3, 0.4) is 0 Å². The van der Waals surface area contributed by atoms with Gasteiger partial charge in [0.15, 0.2) is 6.61 Å². The first-order valence-electron chi connectivity index (χ1n) is 7.22. The summed E-state index contributed by atoms with van der Waals surface area (Å²) in [6.45, 7) is -0.713. The largest absolute Gasteiger partial charge is 0.479 e. The van der Waals surface area contributed by atoms with E-state index in [9.17, 15) is 8.78 Å². The number of pyridine rings is 1. The summed E-state index contributed by atoms with van der Waals surface area (Å²) in [6.07, 6.45) is -0.699. The molecule has 0 atom stereocenters. The van der Waals surface area contributed by atoms with Gasteiger partial charge >= 0.3 is 0 Å². The van der Waals surface area contributed by atoms with Gasteiger partial charge in [-0.25, -0.2) is 8.78 Å². The molecule has 0 saturated heterocycles. The molecule has 0 spiro atoms. The summed E-state index contributed by atoms with van der Waals surface area (Å²) in [5.74, 6) is 0.330. The molecule has 3 aromatic rings. The number of anilines is 1. The van der Waals surface area contributed by atoms with Gasteiger partial charge in [0, 0.05) is 28.2 Å². The zero-order valence-electron chi connectivity index (χ0n) is 13.1. The number of fused-ring (bicyclic) bond motifs is 1. The highest BCUT2D eigenvalue weighted by atomic mass is 35.5. The minimum atomic E-state index is -2.56. The predicted molar refractivity (Wildman–Crippen MR) is 95.1 cm³/mol. The first kappa shape index (κ1) is 17.6. The highest BCUT2D eigenvalue weighted by molar-refractivity contribution is 8.00. The maximum Gasteiger partial charge on any atom is 0.272 e. The maximum atomic E-state index is 12.2. The number of H-pyrrole nitrogens is 1. The van der Waals surface area contributed by atoms with Gasteiger partial charge in [-0.15, -0.1) is 0 Å². The van der Waals surface area contributed by atoms with Crippen LogP contribution in [0.5, 0.6) is 11.8 Å². The lowest BCUT2D eigenvalue weighted by Crippen LogP contribution is -2.08. The normalized spacial score (nSPS) is 11.1. The summed E-state index contributed by atoms with van der Waals surface area (Å²) in [7, 11) is 1.45. The van der Waals surface area contributed by atoms with Crippen molar-refractivity contribution < 1.29 is 18.3 Å². The third-order valence-corrected chi connectivity index (χ3v) is 4.38. The van der Waals surface area contributed by atoms with Crippen LogP contribution in [0.25, 0.3) is 10.9 Å². The van der Waals surface area contributed by atoms with E-state index in [0.717, 1.165) is 15.8 Å². The molecular formula is C16H14ClF2N3O2S. The van der Waals surface area contributed by atoms with E-state index < -0.39 is 13.0 Å². The number of rotatable bonds is 7. The molecule has 0 aliphatic heterocycles. The Balaban J connectivity index is 1.73. The number of benzene rings is 1. The van der Waals surface area contributed by atoms with Gasteiger partial charge in [0.2, 0.25) is 11.8 Å². The van der Waals surface area contributed by atoms with Gasteiger partial charge in [0.1, 0.15) is 5.69 Å². The number of nitrogens with zero attached hydrogens (tertiary/aromatic N) is 1. The number of aromatic nitrogens is 2. The Morgan fingerprint density at radius 3 is 2.92 bits per heavy atom. The van der Waals surface area contributed by atoms with Crippen molar-refractivity contribution in [3.8, 4) is 11.8 Å². The first-order chi connectivity index (χ1) is 12.1. The molecule has 5 nitrogen and oxygen atoms in total. The molecule has 25 heavy (non-hydrogen) atoms. The zero-order chi connectivity index (χ0) is 17.8. The number of alkyl halides is 2. The minimum Gasteiger partial charge on any atom is -0.479 e. The third kappa shape index (κ3) is 4.26. The van der Waals surface area contributed by atoms with Gasteiger partial charge in [0.25, 0.3) is 6.43 Å². The van der Waals surface area contributed by atoms with Crippen molar-refractivity contribution in [2.24, 2.45) is 0 Å². The average Bonchev–Trinajstić information content (AvgIpc) is 3.00. The molecule has 2 heterocycles. The molecule has 0 radical (unpaired) electrons. The Bertz CT molecular complexity index is 876. The summed E-state index contributed by atoms with van der Waals surface area (Å²) in [5.41, 5.74) is 1.53. The van der Waals surface area contributed by atoms with E-state index in [2.05, 4.69) is 14.7 Å². The van der Waals surface area contributed by atoms with Crippen LogP contribution >= 0.6 is 23.5 Å². The Morgan fingerprint density at radius 1 is 1.32 bits per heavy atom. The summed E-state index contributed by atoms with van der Waals surface area (Å²) >= 11 is 7.34. The van der Waals surface area contributed by atoms with E-state index in [1.165, 1.54) is 25.1 Å². The molecule has 0 amide bonds. The van der Waals surface area contributed by atoms with Crippen molar-refractivity contribution in [3.05, 3.63) is 41.6 Å². The van der Waals surface area contributed by atoms with Gasteiger partial charge in [-0.05, 0) is 30.1 Å². The molecule has 1 aromatic carbocycles. The number of methoxy groups -OCH3 is 1. The lowest BCUT2D eigenvalue weighted by atomic mass is 10.2. The third-order valence-electron chi connectivity index (χ3n) is 3.26. The van der Waals surface area contributed by atoms with Crippen LogP contribution in [0.4, 0.5) is 14.5 Å². The molecule has 0 fully saturated rings. The molecule has 2 aromatic heterocycles. The van der Waals surface area contributed by atoms with E-state index in [4.69, 9.17) is 21.1 Å². The highest BCUT2D eigenvalue weighted by Gasteiger charge is 2.11. The van der Waals surface area contributed by atoms with E-state index in [1.54, 1.807) is 6.07 Å². The molecule has 0 unspecified atom stereocenters. The topological polar surface area (TPSA) is 59.2 Å². The minimum absolute atomic E-state index is 0.0782. The van der Waals surface area contributed by atoms with E-state index in [1.807, 2.05) is 24.4 Å². The van der Waals surface area contributed by atoms with Crippen molar-refractivity contribution in [1.82, 2.24) is 9.97 Å². The van der Waals surface area contributed by atoms with Gasteiger partial charge in [-0.2, -0.15) is 4.98 Å². The number of halogens is 3. The monoisotopic (exact) mass is 385 g/mol.